The van der Waals surface area contributed by atoms with Crippen LogP contribution in [0.3, 0.4) is 0 Å². The van der Waals surface area contributed by atoms with Crippen LogP contribution in [-0.2, 0) is 9.53 Å². The molecule has 4 nitrogen and oxygen atoms in total. The van der Waals surface area contributed by atoms with Gasteiger partial charge in [0.15, 0.2) is 12.4 Å². The van der Waals surface area contributed by atoms with Crippen molar-refractivity contribution in [2.24, 2.45) is 0 Å². The van der Waals surface area contributed by atoms with Crippen molar-refractivity contribution in [3.8, 4) is 5.75 Å². The van der Waals surface area contributed by atoms with Crippen molar-refractivity contribution < 1.29 is 23.5 Å². The zero-order valence-corrected chi connectivity index (χ0v) is 16.4. The highest BCUT2D eigenvalue weighted by Gasteiger charge is 2.09. The Hall–Kier alpha value is -3.12. The van der Waals surface area contributed by atoms with Crippen LogP contribution < -0.4 is 4.74 Å². The summed E-state index contributed by atoms with van der Waals surface area (Å²) in [5.74, 6) is 0.0318. The lowest BCUT2D eigenvalue weighted by atomic mass is 10.0. The van der Waals surface area contributed by atoms with Crippen LogP contribution in [0, 0.1) is 5.82 Å². The number of ether oxygens (including phenoxy) is 2. The number of rotatable bonds is 9. The van der Waals surface area contributed by atoms with E-state index in [2.05, 4.69) is 0 Å². The molecule has 0 radical (unpaired) electrons. The van der Waals surface area contributed by atoms with Gasteiger partial charge in [-0.2, -0.15) is 0 Å². The van der Waals surface area contributed by atoms with Crippen LogP contribution in [-0.4, -0.2) is 30.7 Å². The van der Waals surface area contributed by atoms with Crippen LogP contribution in [0.15, 0.2) is 83.8 Å². The quantitative estimate of drug-likeness (QED) is 0.220. The Labute approximate surface area is 172 Å². The smallest absolute Gasteiger partial charge is 0.344 e. The second kappa shape index (κ2) is 10.4. The maximum absolute atomic E-state index is 13.5. The molecule has 3 rings (SSSR count). The fourth-order valence-electron chi connectivity index (χ4n) is 2.51. The Morgan fingerprint density at radius 2 is 1.48 bits per heavy atom. The third-order valence-electron chi connectivity index (χ3n) is 3.95. The molecule has 0 saturated carbocycles. The summed E-state index contributed by atoms with van der Waals surface area (Å²) >= 11 is 1.28. The average Bonchev–Trinajstić information content (AvgIpc) is 2.77. The number of carbonyl (C=O) groups is 2. The number of benzene rings is 3. The van der Waals surface area contributed by atoms with Gasteiger partial charge >= 0.3 is 5.97 Å². The maximum atomic E-state index is 13.5. The van der Waals surface area contributed by atoms with E-state index in [0.717, 1.165) is 0 Å². The van der Waals surface area contributed by atoms with Gasteiger partial charge in [0, 0.05) is 21.8 Å². The third kappa shape index (κ3) is 6.19. The van der Waals surface area contributed by atoms with Crippen molar-refractivity contribution in [3.05, 3.63) is 95.8 Å². The number of thioether (sulfide) groups is 1. The molecule has 0 unspecified atom stereocenters. The van der Waals surface area contributed by atoms with Gasteiger partial charge in [0.2, 0.25) is 0 Å². The Kier molecular flexibility index (Phi) is 7.41. The zero-order valence-electron chi connectivity index (χ0n) is 15.5. The predicted octanol–water partition coefficient (Wildman–Crippen LogP) is 4.77. The number of carbonyl (C=O) groups excluding carboxylic acids is 2. The highest BCUT2D eigenvalue weighted by molar-refractivity contribution is 7.99. The Morgan fingerprint density at radius 1 is 0.828 bits per heavy atom. The van der Waals surface area contributed by atoms with Gasteiger partial charge in [-0.05, 0) is 36.4 Å². The summed E-state index contributed by atoms with van der Waals surface area (Å²) < 4.78 is 24.0. The van der Waals surface area contributed by atoms with Crippen LogP contribution in [0.25, 0.3) is 0 Å². The van der Waals surface area contributed by atoms with Gasteiger partial charge < -0.3 is 9.47 Å². The minimum Gasteiger partial charge on any atom is -0.482 e. The first-order chi connectivity index (χ1) is 14.1. The molecule has 0 amide bonds. The molecule has 0 saturated heterocycles. The molecule has 0 aliphatic carbocycles. The van der Waals surface area contributed by atoms with E-state index in [-0.39, 0.29) is 24.8 Å². The summed E-state index contributed by atoms with van der Waals surface area (Å²) in [6.07, 6.45) is 0. The van der Waals surface area contributed by atoms with Crippen molar-refractivity contribution >= 4 is 23.5 Å². The summed E-state index contributed by atoms with van der Waals surface area (Å²) in [7, 11) is 0. The first-order valence-corrected chi connectivity index (χ1v) is 9.97. The first-order valence-electron chi connectivity index (χ1n) is 8.99. The summed E-state index contributed by atoms with van der Waals surface area (Å²) in [6, 6.07) is 22.0. The highest BCUT2D eigenvalue weighted by Crippen LogP contribution is 2.20. The van der Waals surface area contributed by atoms with Crippen LogP contribution in [0.2, 0.25) is 0 Å². The lowest BCUT2D eigenvalue weighted by Crippen LogP contribution is -2.16. The second-order valence-electron chi connectivity index (χ2n) is 6.01. The van der Waals surface area contributed by atoms with E-state index in [4.69, 9.17) is 9.47 Å². The Balaban J connectivity index is 1.40. The number of ketones is 1. The summed E-state index contributed by atoms with van der Waals surface area (Å²) in [5.41, 5.74) is 1.15. The van der Waals surface area contributed by atoms with Crippen LogP contribution in [0.5, 0.6) is 5.75 Å². The lowest BCUT2D eigenvalue weighted by Gasteiger charge is -2.08. The lowest BCUT2D eigenvalue weighted by molar-refractivity contribution is -0.145. The molecule has 148 valence electrons. The van der Waals surface area contributed by atoms with E-state index in [1.54, 1.807) is 54.6 Å². The molecule has 0 atom stereocenters. The van der Waals surface area contributed by atoms with Gasteiger partial charge in [0.05, 0.1) is 0 Å². The topological polar surface area (TPSA) is 52.6 Å². The van der Waals surface area contributed by atoms with Gasteiger partial charge in [0.1, 0.15) is 18.2 Å². The summed E-state index contributed by atoms with van der Waals surface area (Å²) in [5, 5.41) is 0. The first kappa shape index (κ1) is 20.6. The van der Waals surface area contributed by atoms with Gasteiger partial charge in [-0.25, -0.2) is 9.18 Å². The fraction of sp³-hybridized carbons (Fsp3) is 0.130. The largest absolute Gasteiger partial charge is 0.482 e. The molecule has 3 aromatic carbocycles. The standard InChI is InChI=1S/C23H19FO4S/c24-20-8-4-5-9-21(20)29-15-14-27-22(25)16-28-19-12-10-18(11-13-19)23(26)17-6-2-1-3-7-17/h1-13H,14-16H2. The number of esters is 1. The van der Waals surface area contributed by atoms with Crippen molar-refractivity contribution in [1.29, 1.82) is 0 Å². The molecule has 0 fully saturated rings. The maximum Gasteiger partial charge on any atom is 0.344 e. The second-order valence-corrected chi connectivity index (χ2v) is 7.14. The van der Waals surface area contributed by atoms with Gasteiger partial charge in [-0.15, -0.1) is 11.8 Å². The van der Waals surface area contributed by atoms with Crippen LogP contribution >= 0.6 is 11.8 Å². The third-order valence-corrected chi connectivity index (χ3v) is 4.96. The monoisotopic (exact) mass is 410 g/mol. The minimum atomic E-state index is -0.511. The van der Waals surface area contributed by atoms with E-state index < -0.39 is 5.97 Å². The van der Waals surface area contributed by atoms with Crippen LogP contribution in [0.1, 0.15) is 15.9 Å². The molecule has 0 bridgehead atoms. The van der Waals surface area contributed by atoms with Crippen molar-refractivity contribution in [3.63, 3.8) is 0 Å². The van der Waals surface area contributed by atoms with E-state index in [1.807, 2.05) is 18.2 Å². The van der Waals surface area contributed by atoms with Crippen molar-refractivity contribution in [2.45, 2.75) is 4.90 Å². The summed E-state index contributed by atoms with van der Waals surface area (Å²) in [6.45, 7) is -0.0813. The van der Waals surface area contributed by atoms with Crippen LogP contribution in [0.4, 0.5) is 4.39 Å². The van der Waals surface area contributed by atoms with Gasteiger partial charge in [-0.3, -0.25) is 4.79 Å². The van der Waals surface area contributed by atoms with Gasteiger partial charge in [0.25, 0.3) is 0 Å². The van der Waals surface area contributed by atoms with Crippen molar-refractivity contribution in [2.75, 3.05) is 19.0 Å². The average molecular weight is 410 g/mol. The normalized spacial score (nSPS) is 10.4. The molecule has 0 aliphatic rings. The Bertz CT molecular complexity index is 958. The molecule has 6 heteroatoms. The molecule has 29 heavy (non-hydrogen) atoms. The fourth-order valence-corrected chi connectivity index (χ4v) is 3.28. The van der Waals surface area contributed by atoms with Crippen molar-refractivity contribution in [1.82, 2.24) is 0 Å². The van der Waals surface area contributed by atoms with E-state index in [1.165, 1.54) is 17.8 Å². The molecule has 0 N–H and O–H groups in total. The molecule has 0 aliphatic heterocycles. The molecule has 0 aromatic heterocycles. The van der Waals surface area contributed by atoms with Gasteiger partial charge in [-0.1, -0.05) is 42.5 Å². The molecule has 0 spiro atoms. The number of halogens is 1. The van der Waals surface area contributed by atoms with E-state index in [9.17, 15) is 14.0 Å². The molecule has 3 aromatic rings. The minimum absolute atomic E-state index is 0.0797. The number of hydrogen-bond donors (Lipinski definition) is 0. The molecule has 0 heterocycles. The van der Waals surface area contributed by atoms with E-state index >= 15 is 0 Å². The SMILES string of the molecule is O=C(COc1ccc(C(=O)c2ccccc2)cc1)OCCSc1ccccc1F. The zero-order chi connectivity index (χ0) is 20.5. The molecular weight excluding hydrogens is 391 g/mol. The van der Waals surface area contributed by atoms with E-state index in [0.29, 0.717) is 27.5 Å². The predicted molar refractivity (Wildman–Crippen MR) is 110 cm³/mol. The summed E-state index contributed by atoms with van der Waals surface area (Å²) in [4.78, 5) is 24.6. The number of hydrogen-bond acceptors (Lipinski definition) is 5. The molecular formula is C23H19FO4S. The highest BCUT2D eigenvalue weighted by atomic mass is 32.2. The Morgan fingerprint density at radius 3 is 2.21 bits per heavy atom.